The van der Waals surface area contributed by atoms with Gasteiger partial charge < -0.3 is 10.4 Å². The number of aromatic hydroxyl groups is 1. The van der Waals surface area contributed by atoms with Crippen LogP contribution in [0.2, 0.25) is 0 Å². The number of hydrogen-bond acceptors (Lipinski definition) is 3. The number of aromatic nitrogens is 2. The van der Waals surface area contributed by atoms with Crippen LogP contribution in [0.5, 0.6) is 5.75 Å². The smallest absolute Gasteiger partial charge is 0.115 e. The van der Waals surface area contributed by atoms with Gasteiger partial charge in [-0.3, -0.25) is 4.68 Å². The molecule has 0 saturated heterocycles. The van der Waals surface area contributed by atoms with Crippen LogP contribution in [0.3, 0.4) is 0 Å². The summed E-state index contributed by atoms with van der Waals surface area (Å²) in [7, 11) is 1.95. The van der Waals surface area contributed by atoms with Gasteiger partial charge in [0.05, 0.1) is 17.4 Å². The Morgan fingerprint density at radius 3 is 3.10 bits per heavy atom. The van der Waals surface area contributed by atoms with Crippen LogP contribution in [-0.2, 0) is 19.9 Å². The number of aryl methyl sites for hydroxylation is 3. The van der Waals surface area contributed by atoms with Crippen molar-refractivity contribution in [1.82, 2.24) is 9.78 Å². The van der Waals surface area contributed by atoms with Gasteiger partial charge in [-0.05, 0) is 48.9 Å². The molecule has 2 aromatic rings. The van der Waals surface area contributed by atoms with E-state index in [4.69, 9.17) is 0 Å². The molecule has 3 rings (SSSR count). The van der Waals surface area contributed by atoms with Crippen molar-refractivity contribution in [1.29, 1.82) is 0 Å². The fourth-order valence-corrected chi connectivity index (χ4v) is 3.04. The van der Waals surface area contributed by atoms with Crippen LogP contribution in [0, 0.1) is 0 Å². The first-order valence-corrected chi connectivity index (χ1v) is 7.28. The molecule has 0 radical (unpaired) electrons. The predicted molar refractivity (Wildman–Crippen MR) is 80.0 cm³/mol. The third-order valence-electron chi connectivity index (χ3n) is 4.01. The molecule has 4 heteroatoms. The predicted octanol–water partition coefficient (Wildman–Crippen LogP) is 3.18. The molecule has 1 aliphatic rings. The van der Waals surface area contributed by atoms with E-state index in [2.05, 4.69) is 17.3 Å². The van der Waals surface area contributed by atoms with E-state index in [0.29, 0.717) is 5.75 Å². The first kappa shape index (κ1) is 13.0. The van der Waals surface area contributed by atoms with E-state index in [9.17, 15) is 5.11 Å². The number of phenolic OH excluding ortho intramolecular Hbond substituents is 1. The molecule has 4 nitrogen and oxygen atoms in total. The van der Waals surface area contributed by atoms with Gasteiger partial charge in [0.1, 0.15) is 5.75 Å². The quantitative estimate of drug-likeness (QED) is 0.901. The molecule has 20 heavy (non-hydrogen) atoms. The number of fused-ring (bicyclic) bond motifs is 1. The number of benzene rings is 1. The Morgan fingerprint density at radius 2 is 2.30 bits per heavy atom. The third kappa shape index (κ3) is 2.38. The van der Waals surface area contributed by atoms with Crippen molar-refractivity contribution in [2.75, 3.05) is 5.32 Å². The maximum Gasteiger partial charge on any atom is 0.115 e. The zero-order valence-corrected chi connectivity index (χ0v) is 12.1. The van der Waals surface area contributed by atoms with Crippen LogP contribution >= 0.6 is 0 Å². The van der Waals surface area contributed by atoms with Crippen molar-refractivity contribution >= 4 is 5.69 Å². The lowest BCUT2D eigenvalue weighted by molar-refractivity contribution is 0.471. The van der Waals surface area contributed by atoms with Gasteiger partial charge in [0.2, 0.25) is 0 Å². The van der Waals surface area contributed by atoms with Gasteiger partial charge >= 0.3 is 0 Å². The summed E-state index contributed by atoms with van der Waals surface area (Å²) in [5, 5.41) is 17.8. The first-order valence-electron chi connectivity index (χ1n) is 7.28. The highest BCUT2D eigenvalue weighted by atomic mass is 16.3. The minimum atomic E-state index is 0.264. The maximum absolute atomic E-state index is 9.73. The van der Waals surface area contributed by atoms with Crippen LogP contribution in [0.4, 0.5) is 5.69 Å². The highest BCUT2D eigenvalue weighted by molar-refractivity contribution is 5.50. The minimum Gasteiger partial charge on any atom is -0.508 e. The summed E-state index contributed by atoms with van der Waals surface area (Å²) in [6, 6.07) is 5.99. The van der Waals surface area contributed by atoms with Crippen molar-refractivity contribution < 1.29 is 5.11 Å². The lowest BCUT2D eigenvalue weighted by atomic mass is 9.87. The van der Waals surface area contributed by atoms with E-state index < -0.39 is 0 Å². The van der Waals surface area contributed by atoms with Gasteiger partial charge in [0.25, 0.3) is 0 Å². The molecule has 0 fully saturated rings. The maximum atomic E-state index is 9.73. The average Bonchev–Trinajstić information content (AvgIpc) is 2.79. The molecule has 1 unspecified atom stereocenters. The molecule has 2 N–H and O–H groups in total. The number of nitrogens with one attached hydrogen (secondary N) is 1. The van der Waals surface area contributed by atoms with Crippen LogP contribution in [-0.4, -0.2) is 14.9 Å². The summed E-state index contributed by atoms with van der Waals surface area (Å²) in [4.78, 5) is 0. The topological polar surface area (TPSA) is 50.1 Å². The summed E-state index contributed by atoms with van der Waals surface area (Å²) in [6.07, 6.45) is 6.33. The molecular weight excluding hydrogens is 250 g/mol. The molecule has 0 spiro atoms. The van der Waals surface area contributed by atoms with Gasteiger partial charge in [-0.2, -0.15) is 5.10 Å². The Kier molecular flexibility index (Phi) is 3.38. The van der Waals surface area contributed by atoms with Crippen LogP contribution in [0.15, 0.2) is 24.4 Å². The van der Waals surface area contributed by atoms with Gasteiger partial charge in [-0.1, -0.05) is 13.0 Å². The van der Waals surface area contributed by atoms with Crippen molar-refractivity contribution in [3.63, 3.8) is 0 Å². The zero-order chi connectivity index (χ0) is 14.1. The van der Waals surface area contributed by atoms with Gasteiger partial charge in [0, 0.05) is 13.2 Å². The molecule has 0 aliphatic heterocycles. The average molecular weight is 271 g/mol. The zero-order valence-electron chi connectivity index (χ0n) is 12.1. The van der Waals surface area contributed by atoms with E-state index in [1.165, 1.54) is 17.5 Å². The summed E-state index contributed by atoms with van der Waals surface area (Å²) in [5.74, 6) is 0.347. The van der Waals surface area contributed by atoms with E-state index in [1.807, 2.05) is 30.1 Å². The number of phenols is 1. The Balaban J connectivity index is 1.91. The number of rotatable bonds is 3. The normalized spacial score (nSPS) is 17.8. The molecule has 0 saturated carbocycles. The Labute approximate surface area is 119 Å². The second kappa shape index (κ2) is 5.19. The number of anilines is 1. The Bertz CT molecular complexity index is 618. The lowest BCUT2D eigenvalue weighted by Gasteiger charge is -2.27. The molecule has 1 aromatic carbocycles. The molecule has 106 valence electrons. The Morgan fingerprint density at radius 1 is 1.45 bits per heavy atom. The summed E-state index contributed by atoms with van der Waals surface area (Å²) < 4.78 is 1.85. The lowest BCUT2D eigenvalue weighted by Crippen LogP contribution is -2.17. The summed E-state index contributed by atoms with van der Waals surface area (Å²) in [6.45, 7) is 2.12. The van der Waals surface area contributed by atoms with Crippen LogP contribution in [0.1, 0.15) is 42.6 Å². The number of nitrogens with zero attached hydrogens (tertiary/aromatic N) is 2. The van der Waals surface area contributed by atoms with Crippen LogP contribution in [0.25, 0.3) is 0 Å². The van der Waals surface area contributed by atoms with Crippen molar-refractivity contribution in [2.45, 2.75) is 38.6 Å². The molecule has 1 aromatic heterocycles. The summed E-state index contributed by atoms with van der Waals surface area (Å²) in [5.41, 5.74) is 4.77. The van der Waals surface area contributed by atoms with Crippen LogP contribution < -0.4 is 5.32 Å². The van der Waals surface area contributed by atoms with E-state index in [0.717, 1.165) is 30.6 Å². The molecular formula is C16H21N3O. The molecule has 1 aliphatic carbocycles. The third-order valence-corrected chi connectivity index (χ3v) is 4.01. The van der Waals surface area contributed by atoms with E-state index in [1.54, 1.807) is 6.07 Å². The first-order chi connectivity index (χ1) is 9.67. The standard InChI is InChI=1S/C16H21N3O/c1-3-14-16(10-19(2)18-14)17-15-6-4-5-11-7-8-12(20)9-13(11)15/h7-10,15,17,20H,3-6H2,1-2H3. The number of hydrogen-bond donors (Lipinski definition) is 2. The van der Waals surface area contributed by atoms with E-state index >= 15 is 0 Å². The SMILES string of the molecule is CCc1nn(C)cc1NC1CCCc2ccc(O)cc21. The molecule has 0 amide bonds. The molecule has 1 atom stereocenters. The van der Waals surface area contributed by atoms with Crippen molar-refractivity contribution in [3.8, 4) is 5.75 Å². The van der Waals surface area contributed by atoms with Gasteiger partial charge in [0.15, 0.2) is 0 Å². The molecule has 0 bridgehead atoms. The highest BCUT2D eigenvalue weighted by Gasteiger charge is 2.21. The molecule has 1 heterocycles. The highest BCUT2D eigenvalue weighted by Crippen LogP contribution is 2.35. The second-order valence-corrected chi connectivity index (χ2v) is 5.49. The fraction of sp³-hybridized carbons (Fsp3) is 0.438. The van der Waals surface area contributed by atoms with E-state index in [-0.39, 0.29) is 6.04 Å². The second-order valence-electron chi connectivity index (χ2n) is 5.49. The Hall–Kier alpha value is -1.97. The van der Waals surface area contributed by atoms with Crippen molar-refractivity contribution in [2.24, 2.45) is 7.05 Å². The largest absolute Gasteiger partial charge is 0.508 e. The van der Waals surface area contributed by atoms with Crippen molar-refractivity contribution in [3.05, 3.63) is 41.2 Å². The summed E-state index contributed by atoms with van der Waals surface area (Å²) >= 11 is 0. The monoisotopic (exact) mass is 271 g/mol. The van der Waals surface area contributed by atoms with Gasteiger partial charge in [-0.25, -0.2) is 0 Å². The van der Waals surface area contributed by atoms with Gasteiger partial charge in [-0.15, -0.1) is 0 Å². The fourth-order valence-electron chi connectivity index (χ4n) is 3.04. The minimum absolute atomic E-state index is 0.264.